The first kappa shape index (κ1) is 8.97. The van der Waals surface area contributed by atoms with Gasteiger partial charge in [0, 0.05) is 24.2 Å². The number of nitrogens with one attached hydrogen (secondary N) is 1. The quantitative estimate of drug-likeness (QED) is 0.659. The molecule has 15 heavy (non-hydrogen) atoms. The summed E-state index contributed by atoms with van der Waals surface area (Å²) in [5.41, 5.74) is 1.79. The van der Waals surface area contributed by atoms with Gasteiger partial charge in [-0.3, -0.25) is 14.7 Å². The molecule has 0 amide bonds. The van der Waals surface area contributed by atoms with Gasteiger partial charge in [0.05, 0.1) is 0 Å². The van der Waals surface area contributed by atoms with Gasteiger partial charge in [0.25, 0.3) is 5.56 Å². The Morgan fingerprint density at radius 3 is 3.20 bits per heavy atom. The lowest BCUT2D eigenvalue weighted by Crippen LogP contribution is -2.32. The van der Waals surface area contributed by atoms with Crippen molar-refractivity contribution in [3.05, 3.63) is 27.5 Å². The number of aromatic hydroxyl groups is 1. The number of aromatic amines is 1. The normalized spacial score (nSPS) is 24.9. The molecule has 0 radical (unpaired) electrons. The summed E-state index contributed by atoms with van der Waals surface area (Å²) in [7, 11) is 0. The summed E-state index contributed by atoms with van der Waals surface area (Å²) in [6.45, 7) is 2.13. The Morgan fingerprint density at radius 2 is 2.33 bits per heavy atom. The minimum absolute atomic E-state index is 0.0779. The van der Waals surface area contributed by atoms with Crippen LogP contribution in [-0.4, -0.2) is 28.1 Å². The summed E-state index contributed by atoms with van der Waals surface area (Å²) in [4.78, 5) is 16.1. The zero-order valence-corrected chi connectivity index (χ0v) is 8.49. The minimum atomic E-state index is -0.197. The second kappa shape index (κ2) is 3.10. The Bertz CT molecular complexity index is 452. The van der Waals surface area contributed by atoms with Crippen LogP contribution in [0.3, 0.4) is 0 Å². The summed E-state index contributed by atoms with van der Waals surface area (Å²) >= 11 is 0. The van der Waals surface area contributed by atoms with E-state index in [2.05, 4.69) is 9.88 Å². The molecule has 0 bridgehead atoms. The average Bonchev–Trinajstić information content (AvgIpc) is 2.63. The average molecular weight is 206 g/mol. The lowest BCUT2D eigenvalue weighted by atomic mass is 9.94. The number of hydrogen-bond acceptors (Lipinski definition) is 3. The lowest BCUT2D eigenvalue weighted by Gasteiger charge is -2.31. The van der Waals surface area contributed by atoms with Crippen LogP contribution in [0, 0.1) is 0 Å². The van der Waals surface area contributed by atoms with E-state index < -0.39 is 0 Å². The molecule has 1 aromatic heterocycles. The Labute approximate surface area is 87.5 Å². The zero-order valence-electron chi connectivity index (χ0n) is 8.49. The third-order valence-electron chi connectivity index (χ3n) is 3.51. The van der Waals surface area contributed by atoms with Gasteiger partial charge >= 0.3 is 0 Å². The molecular weight excluding hydrogens is 192 g/mol. The molecule has 1 aromatic rings. The van der Waals surface area contributed by atoms with E-state index in [9.17, 15) is 9.90 Å². The van der Waals surface area contributed by atoms with Crippen LogP contribution in [0.4, 0.5) is 0 Å². The monoisotopic (exact) mass is 206 g/mol. The van der Waals surface area contributed by atoms with E-state index in [-0.39, 0.29) is 11.4 Å². The van der Waals surface area contributed by atoms with Gasteiger partial charge in [-0.2, -0.15) is 0 Å². The SMILES string of the molecule is O=c1cc2c(c(O)[nH]1)C1CCCN1CC2. The molecule has 0 saturated carbocycles. The Hall–Kier alpha value is -1.29. The molecular formula is C11H14N2O2. The second-order valence-corrected chi connectivity index (χ2v) is 4.37. The van der Waals surface area contributed by atoms with Gasteiger partial charge in [-0.05, 0) is 31.4 Å². The van der Waals surface area contributed by atoms with Crippen molar-refractivity contribution in [2.45, 2.75) is 25.3 Å². The lowest BCUT2D eigenvalue weighted by molar-refractivity contribution is 0.236. The van der Waals surface area contributed by atoms with Gasteiger partial charge in [0.15, 0.2) is 5.88 Å². The highest BCUT2D eigenvalue weighted by atomic mass is 16.3. The number of aromatic nitrogens is 1. The van der Waals surface area contributed by atoms with Crippen LogP contribution in [-0.2, 0) is 6.42 Å². The summed E-state index contributed by atoms with van der Waals surface area (Å²) in [5.74, 6) is 0.0779. The van der Waals surface area contributed by atoms with E-state index in [0.29, 0.717) is 6.04 Å². The fraction of sp³-hybridized carbons (Fsp3) is 0.545. The van der Waals surface area contributed by atoms with Crippen LogP contribution in [0.5, 0.6) is 5.88 Å². The maximum atomic E-state index is 11.2. The Kier molecular flexibility index (Phi) is 1.85. The van der Waals surface area contributed by atoms with Crippen LogP contribution in [0.1, 0.15) is 30.0 Å². The fourth-order valence-electron chi connectivity index (χ4n) is 2.87. The first-order chi connectivity index (χ1) is 7.25. The van der Waals surface area contributed by atoms with E-state index in [1.165, 1.54) is 6.42 Å². The molecule has 0 spiro atoms. The number of H-pyrrole nitrogens is 1. The van der Waals surface area contributed by atoms with E-state index >= 15 is 0 Å². The van der Waals surface area contributed by atoms with Crippen LogP contribution in [0.2, 0.25) is 0 Å². The second-order valence-electron chi connectivity index (χ2n) is 4.37. The van der Waals surface area contributed by atoms with Crippen molar-refractivity contribution in [3.63, 3.8) is 0 Å². The Morgan fingerprint density at radius 1 is 1.47 bits per heavy atom. The number of nitrogens with zero attached hydrogens (tertiary/aromatic N) is 1. The predicted octanol–water partition coefficient (Wildman–Crippen LogP) is 0.773. The van der Waals surface area contributed by atoms with Crippen molar-refractivity contribution < 1.29 is 5.11 Å². The van der Waals surface area contributed by atoms with Crippen molar-refractivity contribution >= 4 is 0 Å². The van der Waals surface area contributed by atoms with E-state index in [1.54, 1.807) is 6.07 Å². The molecule has 2 aliphatic rings. The fourth-order valence-corrected chi connectivity index (χ4v) is 2.87. The molecule has 0 aromatic carbocycles. The molecule has 1 fully saturated rings. The summed E-state index contributed by atoms with van der Waals surface area (Å²) in [6.07, 6.45) is 3.15. The van der Waals surface area contributed by atoms with Gasteiger partial charge < -0.3 is 5.11 Å². The standard InChI is InChI=1S/C11H14N2O2/c14-9-6-7-3-5-13-4-1-2-8(13)10(7)11(15)12-9/h6,8H,1-5H2,(H2,12,14,15). The number of pyridine rings is 1. The third kappa shape index (κ3) is 1.28. The smallest absolute Gasteiger partial charge is 0.250 e. The molecule has 3 heterocycles. The van der Waals surface area contributed by atoms with Crippen molar-refractivity contribution in [1.29, 1.82) is 0 Å². The van der Waals surface area contributed by atoms with Gasteiger partial charge in [0.2, 0.25) is 0 Å². The number of rotatable bonds is 0. The van der Waals surface area contributed by atoms with Crippen molar-refractivity contribution in [2.24, 2.45) is 0 Å². The molecule has 1 atom stereocenters. The molecule has 2 aliphatic heterocycles. The molecule has 4 nitrogen and oxygen atoms in total. The van der Waals surface area contributed by atoms with Crippen molar-refractivity contribution in [2.75, 3.05) is 13.1 Å². The largest absolute Gasteiger partial charge is 0.494 e. The topological polar surface area (TPSA) is 56.3 Å². The van der Waals surface area contributed by atoms with Crippen molar-refractivity contribution in [1.82, 2.24) is 9.88 Å². The number of fused-ring (bicyclic) bond motifs is 3. The highest BCUT2D eigenvalue weighted by Gasteiger charge is 2.33. The molecule has 2 N–H and O–H groups in total. The molecule has 4 heteroatoms. The summed E-state index contributed by atoms with van der Waals surface area (Å²) in [6, 6.07) is 1.95. The molecule has 1 unspecified atom stereocenters. The van der Waals surface area contributed by atoms with Crippen LogP contribution in [0.15, 0.2) is 10.9 Å². The van der Waals surface area contributed by atoms with E-state index in [4.69, 9.17) is 0 Å². The number of hydrogen-bond donors (Lipinski definition) is 2. The molecule has 0 aliphatic carbocycles. The van der Waals surface area contributed by atoms with Crippen LogP contribution in [0.25, 0.3) is 0 Å². The van der Waals surface area contributed by atoms with Gasteiger partial charge in [-0.1, -0.05) is 0 Å². The maximum absolute atomic E-state index is 11.2. The van der Waals surface area contributed by atoms with Crippen molar-refractivity contribution in [3.8, 4) is 5.88 Å². The van der Waals surface area contributed by atoms with E-state index in [1.807, 2.05) is 0 Å². The van der Waals surface area contributed by atoms with Gasteiger partial charge in [-0.25, -0.2) is 0 Å². The summed E-state index contributed by atoms with van der Waals surface area (Å²) < 4.78 is 0. The molecule has 1 saturated heterocycles. The summed E-state index contributed by atoms with van der Waals surface area (Å²) in [5, 5.41) is 9.80. The molecule has 3 rings (SSSR count). The van der Waals surface area contributed by atoms with E-state index in [0.717, 1.165) is 37.1 Å². The van der Waals surface area contributed by atoms with Gasteiger partial charge in [-0.15, -0.1) is 0 Å². The van der Waals surface area contributed by atoms with Crippen LogP contribution >= 0.6 is 0 Å². The van der Waals surface area contributed by atoms with Gasteiger partial charge in [0.1, 0.15) is 0 Å². The first-order valence-corrected chi connectivity index (χ1v) is 5.45. The highest BCUT2D eigenvalue weighted by Crippen LogP contribution is 2.40. The zero-order chi connectivity index (χ0) is 10.4. The first-order valence-electron chi connectivity index (χ1n) is 5.45. The third-order valence-corrected chi connectivity index (χ3v) is 3.51. The van der Waals surface area contributed by atoms with Crippen LogP contribution < -0.4 is 5.56 Å². The highest BCUT2D eigenvalue weighted by molar-refractivity contribution is 5.39. The molecule has 80 valence electrons. The maximum Gasteiger partial charge on any atom is 0.250 e. The predicted molar refractivity (Wildman–Crippen MR) is 56.0 cm³/mol. The Balaban J connectivity index is 2.16. The minimum Gasteiger partial charge on any atom is -0.494 e.